The first kappa shape index (κ1) is 16.0. The number of hydrogen-bond acceptors (Lipinski definition) is 7. The number of benzene rings is 2. The molecule has 2 aromatic carbocycles. The van der Waals surface area contributed by atoms with E-state index in [0.717, 1.165) is 27.0 Å². The molecule has 3 aromatic heterocycles. The van der Waals surface area contributed by atoms with Crippen LogP contribution in [0.15, 0.2) is 64.7 Å². The van der Waals surface area contributed by atoms with Gasteiger partial charge in [-0.15, -0.1) is 21.5 Å². The number of thiazole rings is 1. The maximum absolute atomic E-state index is 5.94. The number of fused-ring (bicyclic) bond motifs is 2. The van der Waals surface area contributed by atoms with Gasteiger partial charge in [0.2, 0.25) is 0 Å². The Balaban J connectivity index is 1.49. The molecular weight excluding hydrogens is 382 g/mol. The third kappa shape index (κ3) is 3.07. The van der Waals surface area contributed by atoms with E-state index in [4.69, 9.17) is 16.0 Å². The first-order valence-corrected chi connectivity index (χ1v) is 9.39. The van der Waals surface area contributed by atoms with Crippen LogP contribution in [-0.4, -0.2) is 15.2 Å². The van der Waals surface area contributed by atoms with Crippen LogP contribution >= 0.6 is 22.9 Å². The van der Waals surface area contributed by atoms with Crippen LogP contribution in [0.5, 0.6) is 0 Å². The summed E-state index contributed by atoms with van der Waals surface area (Å²) >= 11 is 7.53. The van der Waals surface area contributed by atoms with Gasteiger partial charge in [0.05, 0.1) is 27.4 Å². The van der Waals surface area contributed by atoms with Crippen LogP contribution in [-0.2, 0) is 0 Å². The van der Waals surface area contributed by atoms with Gasteiger partial charge in [0, 0.05) is 16.4 Å². The molecule has 6 nitrogen and oxygen atoms in total. The smallest absolute Gasteiger partial charge is 0.197 e. The van der Waals surface area contributed by atoms with Gasteiger partial charge in [0.25, 0.3) is 0 Å². The van der Waals surface area contributed by atoms with Gasteiger partial charge in [-0.3, -0.25) is 0 Å². The van der Waals surface area contributed by atoms with Crippen molar-refractivity contribution in [1.82, 2.24) is 15.2 Å². The quantitative estimate of drug-likeness (QED) is 0.391. The van der Waals surface area contributed by atoms with Gasteiger partial charge in [0.15, 0.2) is 17.2 Å². The summed E-state index contributed by atoms with van der Waals surface area (Å²) in [5.41, 5.74) is 5.20. The molecule has 0 aliphatic rings. The number of aromatic nitrogens is 3. The van der Waals surface area contributed by atoms with Crippen LogP contribution in [0.1, 0.15) is 0 Å². The predicted molar refractivity (Wildman–Crippen MR) is 109 cm³/mol. The first-order valence-electron chi connectivity index (χ1n) is 8.13. The third-order valence-corrected chi connectivity index (χ3v) is 5.13. The summed E-state index contributed by atoms with van der Waals surface area (Å²) in [6.07, 6.45) is 1.62. The van der Waals surface area contributed by atoms with Gasteiger partial charge in [0.1, 0.15) is 0 Å². The zero-order valence-electron chi connectivity index (χ0n) is 13.8. The molecule has 0 aliphatic heterocycles. The average molecular weight is 394 g/mol. The van der Waals surface area contributed by atoms with E-state index in [-0.39, 0.29) is 0 Å². The molecule has 8 heteroatoms. The van der Waals surface area contributed by atoms with Crippen molar-refractivity contribution in [1.29, 1.82) is 0 Å². The van der Waals surface area contributed by atoms with Gasteiger partial charge >= 0.3 is 0 Å². The van der Waals surface area contributed by atoms with Crippen LogP contribution in [0.2, 0.25) is 5.02 Å². The second kappa shape index (κ2) is 6.53. The fourth-order valence-electron chi connectivity index (χ4n) is 2.79. The Bertz CT molecular complexity index is 1250. The molecule has 0 saturated carbocycles. The molecular formula is C19H12ClN5OS. The van der Waals surface area contributed by atoms with Crippen molar-refractivity contribution in [3.63, 3.8) is 0 Å². The predicted octanol–water partition coefficient (Wildman–Crippen LogP) is 5.97. The molecule has 27 heavy (non-hydrogen) atoms. The number of nitrogens with zero attached hydrogens (tertiary/aromatic N) is 3. The van der Waals surface area contributed by atoms with Gasteiger partial charge in [-0.25, -0.2) is 4.98 Å². The lowest BCUT2D eigenvalue weighted by Gasteiger charge is -2.09. The van der Waals surface area contributed by atoms with Gasteiger partial charge < -0.3 is 15.1 Å². The molecule has 0 amide bonds. The molecule has 5 rings (SSSR count). The standard InChI is InChI=1S/C19H12ClN5OS/c20-11-1-3-12(4-2-11)22-18-14-7-8-26-17(14)19(25-24-18)23-13-5-6-15-16(9-13)27-10-21-15/h1-10H,(H,22,24)(H,23,25). The van der Waals surface area contributed by atoms with Crippen LogP contribution in [0.4, 0.5) is 23.0 Å². The van der Waals surface area contributed by atoms with Crippen LogP contribution in [0, 0.1) is 0 Å². The lowest BCUT2D eigenvalue weighted by molar-refractivity contribution is 0.615. The molecule has 5 aromatic rings. The molecule has 0 fully saturated rings. The van der Waals surface area contributed by atoms with Crippen molar-refractivity contribution in [2.24, 2.45) is 0 Å². The van der Waals surface area contributed by atoms with Gasteiger partial charge in [-0.2, -0.15) is 0 Å². The maximum atomic E-state index is 5.94. The van der Waals surface area contributed by atoms with E-state index in [1.54, 1.807) is 17.6 Å². The highest BCUT2D eigenvalue weighted by atomic mass is 35.5. The topological polar surface area (TPSA) is 75.9 Å². The van der Waals surface area contributed by atoms with Crippen molar-refractivity contribution in [2.75, 3.05) is 10.6 Å². The van der Waals surface area contributed by atoms with Crippen LogP contribution in [0.3, 0.4) is 0 Å². The summed E-state index contributed by atoms with van der Waals surface area (Å²) in [6, 6.07) is 15.2. The number of halogens is 1. The Morgan fingerprint density at radius 1 is 0.889 bits per heavy atom. The second-order valence-electron chi connectivity index (χ2n) is 5.85. The molecule has 0 saturated heterocycles. The van der Waals surface area contributed by atoms with E-state index >= 15 is 0 Å². The number of anilines is 4. The highest BCUT2D eigenvalue weighted by Crippen LogP contribution is 2.32. The minimum atomic E-state index is 0.556. The van der Waals surface area contributed by atoms with E-state index in [9.17, 15) is 0 Å². The molecule has 0 aliphatic carbocycles. The summed E-state index contributed by atoms with van der Waals surface area (Å²) in [5.74, 6) is 1.17. The molecule has 2 N–H and O–H groups in total. The summed E-state index contributed by atoms with van der Waals surface area (Å²) in [7, 11) is 0. The summed E-state index contributed by atoms with van der Waals surface area (Å²) in [4.78, 5) is 4.29. The van der Waals surface area contributed by atoms with Crippen molar-refractivity contribution in [2.45, 2.75) is 0 Å². The van der Waals surface area contributed by atoms with Crippen molar-refractivity contribution < 1.29 is 4.42 Å². The number of rotatable bonds is 4. The van der Waals surface area contributed by atoms with Gasteiger partial charge in [-0.05, 0) is 48.5 Å². The Kier molecular flexibility index (Phi) is 3.88. The fourth-order valence-corrected chi connectivity index (χ4v) is 3.63. The van der Waals surface area contributed by atoms with E-state index in [1.807, 2.05) is 54.0 Å². The lowest BCUT2D eigenvalue weighted by atomic mass is 10.2. The third-order valence-electron chi connectivity index (χ3n) is 4.09. The van der Waals surface area contributed by atoms with E-state index < -0.39 is 0 Å². The zero-order chi connectivity index (χ0) is 18.2. The summed E-state index contributed by atoms with van der Waals surface area (Å²) in [6.45, 7) is 0. The summed E-state index contributed by atoms with van der Waals surface area (Å²) in [5, 5.41) is 16.7. The number of nitrogens with one attached hydrogen (secondary N) is 2. The van der Waals surface area contributed by atoms with Crippen LogP contribution < -0.4 is 10.6 Å². The molecule has 0 unspecified atom stereocenters. The Hall–Kier alpha value is -3.16. The largest absolute Gasteiger partial charge is 0.460 e. The minimum Gasteiger partial charge on any atom is -0.460 e. The number of hydrogen-bond donors (Lipinski definition) is 2. The molecule has 3 heterocycles. The Morgan fingerprint density at radius 2 is 1.67 bits per heavy atom. The molecule has 0 spiro atoms. The first-order chi connectivity index (χ1) is 13.3. The zero-order valence-corrected chi connectivity index (χ0v) is 15.4. The second-order valence-corrected chi connectivity index (χ2v) is 7.18. The number of furan rings is 1. The normalized spacial score (nSPS) is 11.1. The Morgan fingerprint density at radius 3 is 2.56 bits per heavy atom. The van der Waals surface area contributed by atoms with Crippen molar-refractivity contribution in [3.8, 4) is 0 Å². The minimum absolute atomic E-state index is 0.556. The SMILES string of the molecule is Clc1ccc(Nc2nnc(Nc3ccc4ncsc4c3)c3occc23)cc1. The lowest BCUT2D eigenvalue weighted by Crippen LogP contribution is -2.00. The molecule has 132 valence electrons. The van der Waals surface area contributed by atoms with E-state index in [1.165, 1.54) is 0 Å². The van der Waals surface area contributed by atoms with Crippen molar-refractivity contribution in [3.05, 3.63) is 65.3 Å². The average Bonchev–Trinajstić information content (AvgIpc) is 3.34. The highest BCUT2D eigenvalue weighted by Gasteiger charge is 2.13. The van der Waals surface area contributed by atoms with Crippen LogP contribution in [0.25, 0.3) is 21.2 Å². The summed E-state index contributed by atoms with van der Waals surface area (Å²) < 4.78 is 6.76. The molecule has 0 atom stereocenters. The molecule has 0 radical (unpaired) electrons. The van der Waals surface area contributed by atoms with Crippen molar-refractivity contribution >= 4 is 67.1 Å². The monoisotopic (exact) mass is 393 g/mol. The Labute approximate surface area is 162 Å². The fraction of sp³-hybridized carbons (Fsp3) is 0. The van der Waals surface area contributed by atoms with E-state index in [2.05, 4.69) is 25.8 Å². The maximum Gasteiger partial charge on any atom is 0.197 e. The van der Waals surface area contributed by atoms with E-state index in [0.29, 0.717) is 22.2 Å². The highest BCUT2D eigenvalue weighted by molar-refractivity contribution is 7.16. The van der Waals surface area contributed by atoms with Gasteiger partial charge in [-0.1, -0.05) is 11.6 Å². The molecule has 0 bridgehead atoms.